The van der Waals surface area contributed by atoms with E-state index in [1.165, 1.54) is 19.3 Å². The molecule has 72 valence electrons. The van der Waals surface area contributed by atoms with Gasteiger partial charge in [0.25, 0.3) is 0 Å². The van der Waals surface area contributed by atoms with E-state index in [0.717, 1.165) is 25.7 Å². The Morgan fingerprint density at radius 2 is 2.17 bits per heavy atom. The van der Waals surface area contributed by atoms with Crippen LogP contribution in [-0.2, 0) is 0 Å². The second-order valence-electron chi connectivity index (χ2n) is 3.54. The molecule has 0 bridgehead atoms. The fourth-order valence-corrected chi connectivity index (χ4v) is 1.47. The minimum atomic E-state index is 0.243. The topological polar surface area (TPSA) is 35.5 Å². The lowest BCUT2D eigenvalue weighted by Gasteiger charge is -2.34. The van der Waals surface area contributed by atoms with Crippen molar-refractivity contribution in [2.45, 2.75) is 25.3 Å². The Bertz CT molecular complexity index is 115. The highest BCUT2D eigenvalue weighted by atomic mass is 16.3. The molecule has 0 aromatic carbocycles. The summed E-state index contributed by atoms with van der Waals surface area (Å²) < 4.78 is 0. The first-order valence-corrected chi connectivity index (χ1v) is 4.86. The second-order valence-corrected chi connectivity index (χ2v) is 3.54. The van der Waals surface area contributed by atoms with E-state index in [0.29, 0.717) is 0 Å². The lowest BCUT2D eigenvalue weighted by atomic mass is 9.92. The molecule has 0 unspecified atom stereocenters. The summed E-state index contributed by atoms with van der Waals surface area (Å²) >= 11 is 0. The predicted molar refractivity (Wildman–Crippen MR) is 50.2 cm³/mol. The Kier molecular flexibility index (Phi) is 4.58. The smallest absolute Gasteiger partial charge is 0.0555 e. The maximum atomic E-state index is 8.52. The van der Waals surface area contributed by atoms with Crippen molar-refractivity contribution in [3.63, 3.8) is 0 Å². The summed E-state index contributed by atoms with van der Waals surface area (Å²) in [6.45, 7) is 3.06. The lowest BCUT2D eigenvalue weighted by molar-refractivity contribution is 0.159. The molecular formula is C9H20N2O. The summed E-state index contributed by atoms with van der Waals surface area (Å²) in [5.41, 5.74) is 0. The van der Waals surface area contributed by atoms with E-state index in [1.54, 1.807) is 0 Å². The third-order valence-corrected chi connectivity index (χ3v) is 2.63. The molecule has 0 saturated heterocycles. The molecule has 0 aliphatic heterocycles. The summed E-state index contributed by atoms with van der Waals surface area (Å²) in [5.74, 6) is 0. The van der Waals surface area contributed by atoms with E-state index < -0.39 is 0 Å². The number of rotatable bonds is 6. The van der Waals surface area contributed by atoms with Crippen LogP contribution in [0.1, 0.15) is 19.3 Å². The monoisotopic (exact) mass is 172 g/mol. The fraction of sp³-hybridized carbons (Fsp3) is 1.00. The number of aliphatic hydroxyl groups is 1. The third-order valence-electron chi connectivity index (χ3n) is 2.63. The number of aliphatic hydroxyl groups excluding tert-OH is 1. The predicted octanol–water partition coefficient (Wildman–Crippen LogP) is 0.0526. The Morgan fingerprint density at radius 1 is 1.42 bits per heavy atom. The first kappa shape index (κ1) is 9.96. The van der Waals surface area contributed by atoms with Gasteiger partial charge in [-0.05, 0) is 19.9 Å². The first-order valence-electron chi connectivity index (χ1n) is 4.86. The van der Waals surface area contributed by atoms with Gasteiger partial charge in [-0.25, -0.2) is 0 Å². The fourth-order valence-electron chi connectivity index (χ4n) is 1.47. The van der Waals surface area contributed by atoms with Gasteiger partial charge in [-0.3, -0.25) is 0 Å². The maximum absolute atomic E-state index is 8.52. The molecule has 1 aliphatic rings. The van der Waals surface area contributed by atoms with Gasteiger partial charge in [0, 0.05) is 25.7 Å². The van der Waals surface area contributed by atoms with Crippen LogP contribution in [0.5, 0.6) is 0 Å². The lowest BCUT2D eigenvalue weighted by Crippen LogP contribution is -2.41. The van der Waals surface area contributed by atoms with Crippen LogP contribution in [0, 0.1) is 0 Å². The minimum Gasteiger partial charge on any atom is -0.395 e. The SMILES string of the molecule is CN(CCNCCO)C1CCC1. The zero-order valence-corrected chi connectivity index (χ0v) is 7.92. The van der Waals surface area contributed by atoms with Crippen LogP contribution in [0.25, 0.3) is 0 Å². The maximum Gasteiger partial charge on any atom is 0.0555 e. The van der Waals surface area contributed by atoms with Crippen molar-refractivity contribution in [1.29, 1.82) is 0 Å². The highest BCUT2D eigenvalue weighted by molar-refractivity contribution is 4.77. The molecule has 0 atom stereocenters. The summed E-state index contributed by atoms with van der Waals surface area (Å²) in [5, 5.41) is 11.7. The average molecular weight is 172 g/mol. The average Bonchev–Trinajstić information content (AvgIpc) is 1.95. The van der Waals surface area contributed by atoms with Gasteiger partial charge >= 0.3 is 0 Å². The molecule has 3 heteroatoms. The van der Waals surface area contributed by atoms with Crippen molar-refractivity contribution in [2.24, 2.45) is 0 Å². The summed E-state index contributed by atoms with van der Waals surface area (Å²) in [4.78, 5) is 2.41. The third kappa shape index (κ3) is 3.09. The van der Waals surface area contributed by atoms with Crippen LogP contribution in [-0.4, -0.2) is 49.3 Å². The van der Waals surface area contributed by atoms with Crippen LogP contribution in [0.15, 0.2) is 0 Å². The van der Waals surface area contributed by atoms with Crippen molar-refractivity contribution < 1.29 is 5.11 Å². The van der Waals surface area contributed by atoms with Crippen molar-refractivity contribution >= 4 is 0 Å². The van der Waals surface area contributed by atoms with Gasteiger partial charge in [0.2, 0.25) is 0 Å². The van der Waals surface area contributed by atoms with E-state index in [-0.39, 0.29) is 6.61 Å². The van der Waals surface area contributed by atoms with Gasteiger partial charge in [-0.15, -0.1) is 0 Å². The van der Waals surface area contributed by atoms with E-state index in [2.05, 4.69) is 17.3 Å². The Balaban J connectivity index is 1.91. The number of likely N-dealkylation sites (N-methyl/N-ethyl adjacent to an activating group) is 1. The Labute approximate surface area is 74.8 Å². The molecular weight excluding hydrogens is 152 g/mol. The van der Waals surface area contributed by atoms with Gasteiger partial charge < -0.3 is 15.3 Å². The summed E-state index contributed by atoms with van der Waals surface area (Å²) in [6.07, 6.45) is 4.14. The summed E-state index contributed by atoms with van der Waals surface area (Å²) in [7, 11) is 2.18. The molecule has 12 heavy (non-hydrogen) atoms. The van der Waals surface area contributed by atoms with Gasteiger partial charge in [-0.1, -0.05) is 6.42 Å². The zero-order valence-electron chi connectivity index (χ0n) is 7.92. The molecule has 0 aromatic rings. The quantitative estimate of drug-likeness (QED) is 0.556. The van der Waals surface area contributed by atoms with Crippen LogP contribution in [0.4, 0.5) is 0 Å². The highest BCUT2D eigenvalue weighted by Gasteiger charge is 2.20. The largest absolute Gasteiger partial charge is 0.395 e. The number of nitrogens with one attached hydrogen (secondary N) is 1. The van der Waals surface area contributed by atoms with E-state index in [1.807, 2.05) is 0 Å². The van der Waals surface area contributed by atoms with E-state index in [4.69, 9.17) is 5.11 Å². The van der Waals surface area contributed by atoms with Gasteiger partial charge in [0.1, 0.15) is 0 Å². The first-order chi connectivity index (χ1) is 5.84. The van der Waals surface area contributed by atoms with E-state index >= 15 is 0 Å². The highest BCUT2D eigenvalue weighted by Crippen LogP contribution is 2.22. The minimum absolute atomic E-state index is 0.243. The van der Waals surface area contributed by atoms with E-state index in [9.17, 15) is 0 Å². The Morgan fingerprint density at radius 3 is 2.67 bits per heavy atom. The van der Waals surface area contributed by atoms with Gasteiger partial charge in [0.15, 0.2) is 0 Å². The van der Waals surface area contributed by atoms with Crippen LogP contribution >= 0.6 is 0 Å². The number of hydrogen-bond acceptors (Lipinski definition) is 3. The van der Waals surface area contributed by atoms with Gasteiger partial charge in [-0.2, -0.15) is 0 Å². The van der Waals surface area contributed by atoms with Crippen LogP contribution in [0.3, 0.4) is 0 Å². The number of hydrogen-bond donors (Lipinski definition) is 2. The molecule has 0 amide bonds. The van der Waals surface area contributed by atoms with Crippen molar-refractivity contribution in [2.75, 3.05) is 33.3 Å². The van der Waals surface area contributed by atoms with Crippen LogP contribution in [0.2, 0.25) is 0 Å². The Hall–Kier alpha value is -0.120. The zero-order chi connectivity index (χ0) is 8.81. The molecule has 1 rings (SSSR count). The molecule has 3 nitrogen and oxygen atoms in total. The van der Waals surface area contributed by atoms with Crippen molar-refractivity contribution in [1.82, 2.24) is 10.2 Å². The molecule has 1 aliphatic carbocycles. The standard InChI is InChI=1S/C9H20N2O/c1-11(9-3-2-4-9)7-5-10-6-8-12/h9-10,12H,2-8H2,1H3. The molecule has 0 spiro atoms. The normalized spacial score (nSPS) is 18.2. The van der Waals surface area contributed by atoms with Crippen molar-refractivity contribution in [3.05, 3.63) is 0 Å². The molecule has 0 aromatic heterocycles. The molecule has 1 saturated carbocycles. The van der Waals surface area contributed by atoms with Crippen molar-refractivity contribution in [3.8, 4) is 0 Å². The molecule has 1 fully saturated rings. The van der Waals surface area contributed by atoms with Gasteiger partial charge in [0.05, 0.1) is 6.61 Å². The number of nitrogens with zero attached hydrogens (tertiary/aromatic N) is 1. The second kappa shape index (κ2) is 5.51. The molecule has 0 heterocycles. The summed E-state index contributed by atoms with van der Waals surface area (Å²) in [6, 6.07) is 0.834. The van der Waals surface area contributed by atoms with Crippen LogP contribution < -0.4 is 5.32 Å². The molecule has 2 N–H and O–H groups in total. The molecule has 0 radical (unpaired) electrons.